The van der Waals surface area contributed by atoms with Gasteiger partial charge in [0.15, 0.2) is 20.8 Å². The van der Waals surface area contributed by atoms with Gasteiger partial charge in [0.05, 0.1) is 10.5 Å². The fourth-order valence-electron chi connectivity index (χ4n) is 4.09. The number of carbonyl (C=O) groups is 1. The van der Waals surface area contributed by atoms with Crippen molar-refractivity contribution in [2.75, 3.05) is 13.1 Å². The first-order chi connectivity index (χ1) is 17.5. The van der Waals surface area contributed by atoms with E-state index in [0.29, 0.717) is 5.56 Å². The van der Waals surface area contributed by atoms with Crippen LogP contribution in [-0.2, 0) is 20.8 Å². The monoisotopic (exact) mass is 535 g/mol. The van der Waals surface area contributed by atoms with Crippen molar-refractivity contribution in [3.8, 4) is 11.5 Å². The van der Waals surface area contributed by atoms with Gasteiger partial charge in [-0.25, -0.2) is 8.42 Å². The van der Waals surface area contributed by atoms with Crippen molar-refractivity contribution >= 4 is 15.7 Å². The lowest BCUT2D eigenvalue weighted by Gasteiger charge is -2.36. The first kappa shape index (κ1) is 26.6. The summed E-state index contributed by atoms with van der Waals surface area (Å²) in [5.74, 6) is -0.479. The minimum Gasteiger partial charge on any atom is -0.457 e. The van der Waals surface area contributed by atoms with E-state index in [1.165, 1.54) is 36.7 Å². The molecule has 0 aliphatic carbocycles. The number of piperidine rings is 1. The summed E-state index contributed by atoms with van der Waals surface area (Å²) in [4.78, 5) is 17.1. The molecule has 1 fully saturated rings. The number of sulfone groups is 1. The molecule has 2 heterocycles. The number of rotatable bonds is 7. The molecule has 0 spiro atoms. The maximum Gasteiger partial charge on any atom is 0.416 e. The van der Waals surface area contributed by atoms with E-state index < -0.39 is 38.5 Å². The Morgan fingerprint density at radius 3 is 2.16 bits per heavy atom. The quantitative estimate of drug-likeness (QED) is 0.396. The van der Waals surface area contributed by atoms with E-state index in [4.69, 9.17) is 4.74 Å². The number of nitrogens with zero attached hydrogens (tertiary/aromatic N) is 1. The number of pyridine rings is 1. The van der Waals surface area contributed by atoms with Crippen LogP contribution in [0, 0.1) is 0 Å². The second-order valence-corrected chi connectivity index (χ2v) is 10.8. The van der Waals surface area contributed by atoms with Crippen molar-refractivity contribution in [2.24, 2.45) is 0 Å². The molecule has 1 aliphatic rings. The van der Waals surface area contributed by atoms with Crippen LogP contribution in [0.3, 0.4) is 0 Å². The summed E-state index contributed by atoms with van der Waals surface area (Å²) in [5, 5.41) is 15.9. The van der Waals surface area contributed by atoms with E-state index in [0.717, 1.165) is 24.3 Å². The number of benzene rings is 2. The lowest BCUT2D eigenvalue weighted by molar-refractivity contribution is -0.137. The summed E-state index contributed by atoms with van der Waals surface area (Å²) in [5.41, 5.74) is -0.511. The molecule has 2 aromatic carbocycles. The van der Waals surface area contributed by atoms with Gasteiger partial charge in [-0.1, -0.05) is 6.07 Å². The Labute approximate surface area is 211 Å². The Kier molecular flexibility index (Phi) is 7.53. The molecular formula is C25H24F3N3O5S. The number of aliphatic hydroxyl groups is 1. The minimum atomic E-state index is -4.47. The van der Waals surface area contributed by atoms with E-state index in [1.807, 2.05) is 0 Å². The van der Waals surface area contributed by atoms with Crippen LogP contribution in [0.4, 0.5) is 13.2 Å². The van der Waals surface area contributed by atoms with E-state index in [-0.39, 0.29) is 42.3 Å². The van der Waals surface area contributed by atoms with E-state index in [9.17, 15) is 31.5 Å². The van der Waals surface area contributed by atoms with Crippen molar-refractivity contribution in [2.45, 2.75) is 34.9 Å². The average Bonchev–Trinajstić information content (AvgIpc) is 2.89. The molecule has 12 heteroatoms. The van der Waals surface area contributed by atoms with E-state index in [1.54, 1.807) is 12.1 Å². The van der Waals surface area contributed by atoms with Gasteiger partial charge < -0.3 is 20.5 Å². The molecular weight excluding hydrogens is 511 g/mol. The maximum atomic E-state index is 13.7. The van der Waals surface area contributed by atoms with E-state index in [2.05, 4.69) is 15.6 Å². The Morgan fingerprint density at radius 1 is 1.03 bits per heavy atom. The standard InChI is InChI=1S/C25H24F3N3O5S/c26-25(27,28)18-3-5-19(6-4-18)36-20-7-9-21(10-8-20)37(34,35)24(11-14-29-15-12-24)23(33)31-22(32)17-2-1-13-30-16-17/h1-10,13,16,22,29,32H,11-12,14-15H2,(H,31,33). The molecule has 196 valence electrons. The summed E-state index contributed by atoms with van der Waals surface area (Å²) in [6.45, 7) is 0.565. The van der Waals surface area contributed by atoms with Gasteiger partial charge in [0.2, 0.25) is 5.91 Å². The van der Waals surface area contributed by atoms with Crippen LogP contribution in [0.2, 0.25) is 0 Å². The first-order valence-electron chi connectivity index (χ1n) is 11.3. The minimum absolute atomic E-state index is 0.00919. The number of hydrogen-bond acceptors (Lipinski definition) is 7. The van der Waals surface area contributed by atoms with Gasteiger partial charge in [-0.3, -0.25) is 9.78 Å². The zero-order valence-corrected chi connectivity index (χ0v) is 20.2. The number of aliphatic hydroxyl groups excluding tert-OH is 1. The summed E-state index contributed by atoms with van der Waals surface area (Å²) < 4.78 is 69.5. The summed E-state index contributed by atoms with van der Waals surface area (Å²) in [6.07, 6.45) is -3.07. The molecule has 0 saturated carbocycles. The van der Waals surface area contributed by atoms with Gasteiger partial charge in [-0.05, 0) is 80.5 Å². The lowest BCUT2D eigenvalue weighted by atomic mass is 9.95. The Morgan fingerprint density at radius 2 is 1.62 bits per heavy atom. The van der Waals surface area contributed by atoms with E-state index >= 15 is 0 Å². The lowest BCUT2D eigenvalue weighted by Crippen LogP contribution is -2.58. The Bertz CT molecular complexity index is 1330. The van der Waals surface area contributed by atoms with Crippen LogP contribution in [0.5, 0.6) is 11.5 Å². The Hall–Kier alpha value is -3.48. The van der Waals surface area contributed by atoms with Crippen molar-refractivity contribution in [1.82, 2.24) is 15.6 Å². The highest BCUT2D eigenvalue weighted by molar-refractivity contribution is 7.93. The second kappa shape index (κ2) is 10.5. The number of halogens is 3. The molecule has 1 unspecified atom stereocenters. The molecule has 1 aliphatic heterocycles. The van der Waals surface area contributed by atoms with Crippen LogP contribution >= 0.6 is 0 Å². The number of aromatic nitrogens is 1. The van der Waals surface area contributed by atoms with Crippen LogP contribution in [-0.4, -0.2) is 42.3 Å². The van der Waals surface area contributed by atoms with Gasteiger partial charge in [0.25, 0.3) is 0 Å². The highest BCUT2D eigenvalue weighted by atomic mass is 32.2. The predicted molar refractivity (Wildman–Crippen MR) is 127 cm³/mol. The van der Waals surface area contributed by atoms with Crippen LogP contribution < -0.4 is 15.4 Å². The highest BCUT2D eigenvalue weighted by Crippen LogP contribution is 2.36. The number of nitrogens with one attached hydrogen (secondary N) is 2. The summed E-state index contributed by atoms with van der Waals surface area (Å²) in [7, 11) is -4.22. The first-order valence-corrected chi connectivity index (χ1v) is 12.8. The molecule has 1 atom stereocenters. The number of alkyl halides is 3. The number of carbonyl (C=O) groups excluding carboxylic acids is 1. The fraction of sp³-hybridized carbons (Fsp3) is 0.280. The van der Waals surface area contributed by atoms with Crippen molar-refractivity contribution in [1.29, 1.82) is 0 Å². The third-order valence-corrected chi connectivity index (χ3v) is 8.67. The molecule has 3 aromatic rings. The van der Waals surface area contributed by atoms with Crippen molar-refractivity contribution < 1.29 is 36.2 Å². The fourth-order valence-corrected chi connectivity index (χ4v) is 6.08. The summed E-state index contributed by atoms with van der Waals surface area (Å²) >= 11 is 0. The predicted octanol–water partition coefficient (Wildman–Crippen LogP) is 3.60. The molecule has 37 heavy (non-hydrogen) atoms. The molecule has 8 nitrogen and oxygen atoms in total. The molecule has 3 N–H and O–H groups in total. The molecule has 4 rings (SSSR count). The van der Waals surface area contributed by atoms with Crippen molar-refractivity contribution in [3.05, 3.63) is 84.2 Å². The molecule has 0 radical (unpaired) electrons. The van der Waals surface area contributed by atoms with Gasteiger partial charge in [-0.2, -0.15) is 13.2 Å². The van der Waals surface area contributed by atoms with Gasteiger partial charge in [-0.15, -0.1) is 0 Å². The topological polar surface area (TPSA) is 118 Å². The second-order valence-electron chi connectivity index (χ2n) is 8.51. The smallest absolute Gasteiger partial charge is 0.416 e. The van der Waals surface area contributed by atoms with Crippen LogP contribution in [0.15, 0.2) is 78.0 Å². The van der Waals surface area contributed by atoms with Gasteiger partial charge in [0.1, 0.15) is 11.5 Å². The summed E-state index contributed by atoms with van der Waals surface area (Å²) in [6, 6.07) is 12.5. The Balaban J connectivity index is 1.55. The average molecular weight is 536 g/mol. The number of ether oxygens (including phenoxy) is 1. The largest absolute Gasteiger partial charge is 0.457 e. The van der Waals surface area contributed by atoms with Crippen LogP contribution in [0.1, 0.15) is 30.2 Å². The normalized spacial score (nSPS) is 16.5. The SMILES string of the molecule is O=C(NC(O)c1cccnc1)C1(S(=O)(=O)c2ccc(Oc3ccc(C(F)(F)F)cc3)cc2)CCNCC1. The molecule has 1 saturated heterocycles. The maximum absolute atomic E-state index is 13.7. The number of amides is 1. The highest BCUT2D eigenvalue weighted by Gasteiger charge is 2.52. The zero-order chi connectivity index (χ0) is 26.7. The molecule has 0 bridgehead atoms. The van der Waals surface area contributed by atoms with Gasteiger partial charge >= 0.3 is 6.18 Å². The third kappa shape index (κ3) is 5.60. The van der Waals surface area contributed by atoms with Gasteiger partial charge in [0, 0.05) is 18.0 Å². The zero-order valence-electron chi connectivity index (χ0n) is 19.4. The molecule has 1 aromatic heterocycles. The van der Waals surface area contributed by atoms with Crippen molar-refractivity contribution in [3.63, 3.8) is 0 Å². The third-order valence-electron chi connectivity index (χ3n) is 6.16. The van der Waals surface area contributed by atoms with Crippen LogP contribution in [0.25, 0.3) is 0 Å². The molecule has 1 amide bonds. The number of hydrogen-bond donors (Lipinski definition) is 3.